The van der Waals surface area contributed by atoms with Gasteiger partial charge in [-0.3, -0.25) is 4.98 Å². The van der Waals surface area contributed by atoms with E-state index in [1.165, 1.54) is 41.5 Å². The summed E-state index contributed by atoms with van der Waals surface area (Å²) in [5, 5.41) is 9.71. The largest absolute Gasteiger partial charge is 0.264 e. The van der Waals surface area contributed by atoms with Gasteiger partial charge in [0.05, 0.1) is 23.0 Å². The molecule has 4 nitrogen and oxygen atoms in total. The topological polar surface area (TPSA) is 62.5 Å². The highest BCUT2D eigenvalue weighted by molar-refractivity contribution is 5.85. The molecule has 2 aromatic heterocycles. The molecule has 0 unspecified atom stereocenters. The lowest BCUT2D eigenvalue weighted by Gasteiger charge is -2.36. The maximum Gasteiger partial charge on any atom is 0.160 e. The molecule has 0 bridgehead atoms. The van der Waals surface area contributed by atoms with Crippen molar-refractivity contribution in [3.8, 4) is 62.2 Å². The number of aromatic nitrogens is 3. The van der Waals surface area contributed by atoms with Crippen LogP contribution in [-0.4, -0.2) is 15.0 Å². The summed E-state index contributed by atoms with van der Waals surface area (Å²) in [4.78, 5) is 14.5. The fraction of sp³-hybridized carbons (Fsp3) is 0.150. The smallest absolute Gasteiger partial charge is 0.160 e. The summed E-state index contributed by atoms with van der Waals surface area (Å²) in [6.45, 7) is 0. The molecule has 0 radical (unpaired) electrons. The number of hydrogen-bond acceptors (Lipinski definition) is 4. The lowest BCUT2D eigenvalue weighted by atomic mass is 9.67. The molecule has 0 amide bonds. The van der Waals surface area contributed by atoms with Gasteiger partial charge in [-0.25, -0.2) is 9.97 Å². The molecule has 210 valence electrons. The average Bonchev–Trinajstić information content (AvgIpc) is 3.36. The Morgan fingerprint density at radius 1 is 0.568 bits per heavy atom. The first-order chi connectivity index (χ1) is 21.7. The Labute approximate surface area is 257 Å². The third-order valence-corrected chi connectivity index (χ3v) is 9.43. The zero-order valence-electron chi connectivity index (χ0n) is 24.4. The normalized spacial score (nSPS) is 14.5. The van der Waals surface area contributed by atoms with Crippen molar-refractivity contribution in [2.45, 2.75) is 37.5 Å². The van der Waals surface area contributed by atoms with Gasteiger partial charge in [0, 0.05) is 34.5 Å². The van der Waals surface area contributed by atoms with E-state index in [1.807, 2.05) is 24.4 Å². The zero-order chi connectivity index (χ0) is 29.5. The Hall–Kier alpha value is -5.40. The fourth-order valence-electron chi connectivity index (χ4n) is 7.24. The van der Waals surface area contributed by atoms with Crippen LogP contribution in [-0.2, 0) is 5.41 Å². The molecular weight excluding hydrogens is 536 g/mol. The molecule has 2 heterocycles. The third kappa shape index (κ3) is 4.41. The number of rotatable bonds is 4. The third-order valence-electron chi connectivity index (χ3n) is 9.43. The first-order valence-corrected chi connectivity index (χ1v) is 15.4. The molecule has 0 aliphatic heterocycles. The van der Waals surface area contributed by atoms with Crippen LogP contribution in [0.15, 0.2) is 122 Å². The minimum atomic E-state index is -0.0496. The Morgan fingerprint density at radius 2 is 1.23 bits per heavy atom. The molecule has 2 aliphatic carbocycles. The van der Waals surface area contributed by atoms with Crippen LogP contribution in [0.4, 0.5) is 0 Å². The summed E-state index contributed by atoms with van der Waals surface area (Å²) in [7, 11) is 0. The first-order valence-electron chi connectivity index (χ1n) is 15.4. The summed E-state index contributed by atoms with van der Waals surface area (Å²) < 4.78 is 0. The van der Waals surface area contributed by atoms with Crippen molar-refractivity contribution >= 4 is 0 Å². The minimum absolute atomic E-state index is 0.0496. The van der Waals surface area contributed by atoms with Gasteiger partial charge < -0.3 is 0 Å². The van der Waals surface area contributed by atoms with E-state index in [-0.39, 0.29) is 5.41 Å². The number of benzene rings is 4. The van der Waals surface area contributed by atoms with Gasteiger partial charge in [0.25, 0.3) is 0 Å². The van der Waals surface area contributed by atoms with Crippen molar-refractivity contribution in [3.05, 3.63) is 138 Å². The van der Waals surface area contributed by atoms with Crippen LogP contribution in [0.25, 0.3) is 56.2 Å². The van der Waals surface area contributed by atoms with Gasteiger partial charge in [0.2, 0.25) is 0 Å². The maximum atomic E-state index is 9.71. The van der Waals surface area contributed by atoms with Gasteiger partial charge in [0.15, 0.2) is 5.82 Å². The predicted molar refractivity (Wildman–Crippen MR) is 176 cm³/mol. The van der Waals surface area contributed by atoms with Crippen LogP contribution < -0.4 is 0 Å². The van der Waals surface area contributed by atoms with E-state index >= 15 is 0 Å². The molecule has 44 heavy (non-hydrogen) atoms. The van der Waals surface area contributed by atoms with Gasteiger partial charge in [-0.1, -0.05) is 98.1 Å². The van der Waals surface area contributed by atoms with Crippen molar-refractivity contribution in [2.75, 3.05) is 0 Å². The van der Waals surface area contributed by atoms with E-state index < -0.39 is 0 Å². The number of nitrogens with zero attached hydrogens (tertiary/aromatic N) is 4. The van der Waals surface area contributed by atoms with E-state index in [1.54, 1.807) is 6.20 Å². The molecule has 0 saturated heterocycles. The predicted octanol–water partition coefficient (Wildman–Crippen LogP) is 9.64. The van der Waals surface area contributed by atoms with E-state index in [4.69, 9.17) is 9.97 Å². The van der Waals surface area contributed by atoms with Crippen LogP contribution in [0, 0.1) is 11.3 Å². The number of fused-ring (bicyclic) bond motifs is 5. The quantitative estimate of drug-likeness (QED) is 0.213. The Morgan fingerprint density at radius 3 is 1.95 bits per heavy atom. The Bertz CT molecular complexity index is 2030. The SMILES string of the molecule is N#Cc1ccc2c(c1)C1(CCCCC1)c1cc(-c3cc(-c4ccccc4)nc(-c4ccc(-c5cccnc5)cc4)n3)ccc1-2. The van der Waals surface area contributed by atoms with Gasteiger partial charge >= 0.3 is 0 Å². The van der Waals surface area contributed by atoms with Crippen LogP contribution in [0.3, 0.4) is 0 Å². The van der Waals surface area contributed by atoms with Crippen LogP contribution in [0.1, 0.15) is 48.8 Å². The average molecular weight is 567 g/mol. The van der Waals surface area contributed by atoms with Crippen molar-refractivity contribution in [1.29, 1.82) is 5.26 Å². The highest BCUT2D eigenvalue weighted by atomic mass is 14.9. The molecule has 4 heteroatoms. The number of nitriles is 1. The summed E-state index contributed by atoms with van der Waals surface area (Å²) >= 11 is 0. The monoisotopic (exact) mass is 566 g/mol. The van der Waals surface area contributed by atoms with Crippen LogP contribution in [0.5, 0.6) is 0 Å². The molecular formula is C40H30N4. The summed E-state index contributed by atoms with van der Waals surface area (Å²) in [5.74, 6) is 0.703. The fourth-order valence-corrected chi connectivity index (χ4v) is 7.24. The molecule has 1 fully saturated rings. The molecule has 0 N–H and O–H groups in total. The zero-order valence-corrected chi connectivity index (χ0v) is 24.4. The highest BCUT2D eigenvalue weighted by Crippen LogP contribution is 2.56. The molecule has 8 rings (SSSR count). The summed E-state index contributed by atoms with van der Waals surface area (Å²) in [6.07, 6.45) is 9.55. The van der Waals surface area contributed by atoms with Crippen LogP contribution in [0.2, 0.25) is 0 Å². The van der Waals surface area contributed by atoms with Crippen molar-refractivity contribution < 1.29 is 0 Å². The molecule has 1 saturated carbocycles. The summed E-state index contributed by atoms with van der Waals surface area (Å²) in [5.41, 5.74) is 13.1. The number of hydrogen-bond donors (Lipinski definition) is 0. The maximum absolute atomic E-state index is 9.71. The molecule has 1 spiro atoms. The van der Waals surface area contributed by atoms with Crippen LogP contribution >= 0.6 is 0 Å². The van der Waals surface area contributed by atoms with E-state index in [2.05, 4.69) is 102 Å². The van der Waals surface area contributed by atoms with E-state index in [0.29, 0.717) is 5.82 Å². The van der Waals surface area contributed by atoms with Gasteiger partial charge in [-0.2, -0.15) is 5.26 Å². The highest BCUT2D eigenvalue weighted by Gasteiger charge is 2.44. The van der Waals surface area contributed by atoms with Crippen molar-refractivity contribution in [2.24, 2.45) is 0 Å². The molecule has 2 aliphatic rings. The minimum Gasteiger partial charge on any atom is -0.264 e. The first kappa shape index (κ1) is 26.2. The lowest BCUT2D eigenvalue weighted by molar-refractivity contribution is 0.353. The van der Waals surface area contributed by atoms with Gasteiger partial charge in [-0.15, -0.1) is 0 Å². The molecule has 6 aromatic rings. The Balaban J connectivity index is 1.26. The second-order valence-corrected chi connectivity index (χ2v) is 11.9. The van der Waals surface area contributed by atoms with Gasteiger partial charge in [0.1, 0.15) is 0 Å². The van der Waals surface area contributed by atoms with Gasteiger partial charge in [-0.05, 0) is 76.6 Å². The van der Waals surface area contributed by atoms with Crippen molar-refractivity contribution in [1.82, 2.24) is 15.0 Å². The van der Waals surface area contributed by atoms with Crippen molar-refractivity contribution in [3.63, 3.8) is 0 Å². The Kier molecular flexibility index (Phi) is 6.38. The van der Waals surface area contributed by atoms with E-state index in [9.17, 15) is 5.26 Å². The lowest BCUT2D eigenvalue weighted by Crippen LogP contribution is -2.28. The number of pyridine rings is 1. The second-order valence-electron chi connectivity index (χ2n) is 11.9. The summed E-state index contributed by atoms with van der Waals surface area (Å²) in [6, 6.07) is 40.4. The molecule has 4 aromatic carbocycles. The van der Waals surface area contributed by atoms with E-state index in [0.717, 1.165) is 57.6 Å². The second kappa shape index (κ2) is 10.7. The standard InChI is InChI=1S/C40H30N4/c41-25-27-11-17-33-34-18-16-31(23-36(34)40(35(33)22-27)19-5-2-6-20-40)38-24-37(29-8-3-1-4-9-29)43-39(44-38)30-14-12-28(13-15-30)32-10-7-21-42-26-32/h1,3-4,7-18,21-24,26H,2,5-6,19-20H2. The molecule has 0 atom stereocenters.